The highest BCUT2D eigenvalue weighted by Crippen LogP contribution is 2.43. The molecule has 4 aromatic carbocycles. The summed E-state index contributed by atoms with van der Waals surface area (Å²) >= 11 is 0. The first-order valence-corrected chi connectivity index (χ1v) is 16.4. The Bertz CT molecular complexity index is 2930. The highest BCUT2D eigenvalue weighted by molar-refractivity contribution is 6.23. The highest BCUT2D eigenvalue weighted by Gasteiger charge is 2.25. The van der Waals surface area contributed by atoms with Crippen LogP contribution in [0.3, 0.4) is 0 Å². The van der Waals surface area contributed by atoms with Gasteiger partial charge in [-0.3, -0.25) is 8.80 Å². The lowest BCUT2D eigenvalue weighted by Crippen LogP contribution is -2.11. The van der Waals surface area contributed by atoms with E-state index in [1.54, 1.807) is 0 Å². The van der Waals surface area contributed by atoms with Crippen molar-refractivity contribution in [3.63, 3.8) is 0 Å². The molecule has 6 heterocycles. The lowest BCUT2D eigenvalue weighted by molar-refractivity contribution is 0.484. The molecule has 0 atom stereocenters. The van der Waals surface area contributed by atoms with E-state index in [4.69, 9.17) is 19.7 Å². The van der Waals surface area contributed by atoms with E-state index in [0.717, 1.165) is 61.4 Å². The van der Waals surface area contributed by atoms with Crippen molar-refractivity contribution in [1.29, 1.82) is 0 Å². The zero-order chi connectivity index (χ0) is 32.3. The second kappa shape index (κ2) is 9.52. The van der Waals surface area contributed by atoms with E-state index in [1.165, 1.54) is 38.2 Å². The second-order valence-electron chi connectivity index (χ2n) is 13.8. The third-order valence-electron chi connectivity index (χ3n) is 9.88. The molecule has 0 spiro atoms. The summed E-state index contributed by atoms with van der Waals surface area (Å²) in [6.45, 7) is 8.92. The molecule has 48 heavy (non-hydrogen) atoms. The molecular weight excluding hydrogens is 590 g/mol. The van der Waals surface area contributed by atoms with Gasteiger partial charge in [-0.2, -0.15) is 0 Å². The number of pyridine rings is 3. The summed E-state index contributed by atoms with van der Waals surface area (Å²) < 4.78 is 11.1. The average Bonchev–Trinajstić information content (AvgIpc) is 3.78. The molecule has 0 aliphatic rings. The maximum atomic E-state index is 6.66. The van der Waals surface area contributed by atoms with Crippen molar-refractivity contribution in [2.45, 2.75) is 33.1 Å². The molecule has 0 bridgehead atoms. The molecule has 0 unspecified atom stereocenters. The van der Waals surface area contributed by atoms with E-state index in [9.17, 15) is 0 Å². The Morgan fingerprint density at radius 1 is 0.625 bits per heavy atom. The van der Waals surface area contributed by atoms with E-state index in [2.05, 4.69) is 128 Å². The Morgan fingerprint density at radius 2 is 1.40 bits per heavy atom. The van der Waals surface area contributed by atoms with Crippen LogP contribution in [0.1, 0.15) is 31.9 Å². The number of hydrogen-bond acceptors (Lipinski definition) is 4. The monoisotopic (exact) mass is 621 g/mol. The molecule has 6 nitrogen and oxygen atoms in total. The summed E-state index contributed by atoms with van der Waals surface area (Å²) in [7, 11) is 0. The van der Waals surface area contributed by atoms with Crippen LogP contribution in [-0.2, 0) is 5.41 Å². The van der Waals surface area contributed by atoms with Gasteiger partial charge in [0, 0.05) is 62.5 Å². The molecule has 6 aromatic heterocycles. The van der Waals surface area contributed by atoms with Crippen molar-refractivity contribution in [3.05, 3.63) is 127 Å². The number of nitrogens with zero attached hydrogens (tertiary/aromatic N) is 5. The summed E-state index contributed by atoms with van der Waals surface area (Å²) in [5.41, 5.74) is 9.52. The van der Waals surface area contributed by atoms with Gasteiger partial charge in [0.1, 0.15) is 28.4 Å². The molecule has 230 valence electrons. The number of fused-ring (bicyclic) bond motifs is 12. The third kappa shape index (κ3) is 3.71. The van der Waals surface area contributed by atoms with Crippen molar-refractivity contribution >= 4 is 65.7 Å². The Balaban J connectivity index is 1.16. The van der Waals surface area contributed by atoms with Crippen LogP contribution in [0.15, 0.2) is 116 Å². The topological polar surface area (TPSA) is 56.7 Å². The summed E-state index contributed by atoms with van der Waals surface area (Å²) in [6.07, 6.45) is 5.88. The minimum atomic E-state index is -0.0122. The van der Waals surface area contributed by atoms with Crippen molar-refractivity contribution < 1.29 is 4.74 Å². The van der Waals surface area contributed by atoms with Crippen molar-refractivity contribution in [3.8, 4) is 22.8 Å². The number of benzene rings is 4. The summed E-state index contributed by atoms with van der Waals surface area (Å²) in [4.78, 5) is 14.9. The molecule has 0 radical (unpaired) electrons. The first-order chi connectivity index (χ1) is 23.3. The first-order valence-electron chi connectivity index (χ1n) is 16.4. The van der Waals surface area contributed by atoms with E-state index in [1.807, 2.05) is 24.5 Å². The van der Waals surface area contributed by atoms with Crippen LogP contribution in [-0.4, -0.2) is 23.8 Å². The maximum absolute atomic E-state index is 6.66. The Labute approximate surface area is 276 Å². The quantitative estimate of drug-likeness (QED) is 0.184. The lowest BCUT2D eigenvalue weighted by atomic mass is 9.85. The fraction of sp³-hybridized carbons (Fsp3) is 0.119. The van der Waals surface area contributed by atoms with Crippen LogP contribution in [0.2, 0.25) is 0 Å². The molecule has 0 aliphatic carbocycles. The highest BCUT2D eigenvalue weighted by atomic mass is 16.5. The maximum Gasteiger partial charge on any atom is 0.147 e. The number of ether oxygens (including phenoxy) is 1. The van der Waals surface area contributed by atoms with Gasteiger partial charge in [0.25, 0.3) is 0 Å². The molecular formula is C42H31N5O. The normalized spacial score (nSPS) is 12.6. The fourth-order valence-electron chi connectivity index (χ4n) is 7.71. The largest absolute Gasteiger partial charge is 0.457 e. The molecule has 0 saturated heterocycles. The fourth-order valence-corrected chi connectivity index (χ4v) is 7.71. The predicted octanol–water partition coefficient (Wildman–Crippen LogP) is 10.6. The van der Waals surface area contributed by atoms with Gasteiger partial charge < -0.3 is 4.74 Å². The molecule has 0 aliphatic heterocycles. The van der Waals surface area contributed by atoms with Crippen LogP contribution < -0.4 is 4.74 Å². The molecule has 10 aromatic rings. The second-order valence-corrected chi connectivity index (χ2v) is 13.8. The molecule has 0 saturated carbocycles. The van der Waals surface area contributed by atoms with Crippen molar-refractivity contribution in [2.75, 3.05) is 0 Å². The average molecular weight is 622 g/mol. The number of imidazole rings is 1. The van der Waals surface area contributed by atoms with Gasteiger partial charge in [-0.1, -0.05) is 63.2 Å². The van der Waals surface area contributed by atoms with Crippen molar-refractivity contribution in [2.24, 2.45) is 0 Å². The van der Waals surface area contributed by atoms with Gasteiger partial charge in [0.2, 0.25) is 0 Å². The van der Waals surface area contributed by atoms with Gasteiger partial charge >= 0.3 is 0 Å². The predicted molar refractivity (Wildman–Crippen MR) is 196 cm³/mol. The number of para-hydroxylation sites is 1. The smallest absolute Gasteiger partial charge is 0.147 e. The van der Waals surface area contributed by atoms with Gasteiger partial charge in [-0.05, 0) is 77.4 Å². The zero-order valence-electron chi connectivity index (χ0n) is 27.1. The Morgan fingerprint density at radius 3 is 2.25 bits per heavy atom. The standard InChI is InChI=1S/C42H31N5O/c1-24-9-5-6-10-27(24)35-23-46-39-31(13-8-19-43-39)28-16-14-25(21-33(28)40(46)45-35)48-26-15-17-29-30-11-7-12-32-37-34(42(2,3)4)18-20-44-41(37)47(38(30)32)36(29)22-26/h5-23H,1-4H3. The summed E-state index contributed by atoms with van der Waals surface area (Å²) in [5.74, 6) is 1.52. The van der Waals surface area contributed by atoms with Crippen LogP contribution in [0.4, 0.5) is 0 Å². The van der Waals surface area contributed by atoms with E-state index >= 15 is 0 Å². The number of rotatable bonds is 3. The van der Waals surface area contributed by atoms with E-state index in [-0.39, 0.29) is 5.41 Å². The van der Waals surface area contributed by atoms with Crippen LogP contribution in [0, 0.1) is 6.92 Å². The minimum Gasteiger partial charge on any atom is -0.457 e. The van der Waals surface area contributed by atoms with Gasteiger partial charge in [0.15, 0.2) is 0 Å². The van der Waals surface area contributed by atoms with Crippen LogP contribution in [0.25, 0.3) is 76.9 Å². The first kappa shape index (κ1) is 27.1. The van der Waals surface area contributed by atoms with E-state index in [0.29, 0.717) is 0 Å². The number of aryl methyl sites for hydroxylation is 1. The van der Waals surface area contributed by atoms with Gasteiger partial charge in [0.05, 0.1) is 16.7 Å². The van der Waals surface area contributed by atoms with E-state index < -0.39 is 0 Å². The molecule has 0 amide bonds. The zero-order valence-corrected chi connectivity index (χ0v) is 27.1. The van der Waals surface area contributed by atoms with Gasteiger partial charge in [-0.15, -0.1) is 0 Å². The summed E-state index contributed by atoms with van der Waals surface area (Å²) in [6, 6.07) is 33.9. The summed E-state index contributed by atoms with van der Waals surface area (Å²) in [5, 5.41) is 8.05. The lowest BCUT2D eigenvalue weighted by Gasteiger charge is -2.20. The molecule has 10 rings (SSSR count). The number of hydrogen-bond donors (Lipinski definition) is 0. The number of aromatic nitrogens is 5. The molecule has 0 N–H and O–H groups in total. The molecule has 6 heteroatoms. The molecule has 0 fully saturated rings. The van der Waals surface area contributed by atoms with Gasteiger partial charge in [-0.25, -0.2) is 15.0 Å². The SMILES string of the molecule is Cc1ccccc1-c1cn2c3ncccc3c3ccc(Oc4ccc5c6cccc7c8c(C(C)(C)C)ccnc8n(c5c4)c67)cc3c2n1. The minimum absolute atomic E-state index is 0.0122. The Hall–Kier alpha value is -6.01. The van der Waals surface area contributed by atoms with Crippen LogP contribution >= 0.6 is 0 Å². The third-order valence-corrected chi connectivity index (χ3v) is 9.88. The van der Waals surface area contributed by atoms with Crippen molar-refractivity contribution in [1.82, 2.24) is 23.8 Å². The Kier molecular flexibility index (Phi) is 5.38. The van der Waals surface area contributed by atoms with Crippen LogP contribution in [0.5, 0.6) is 11.5 Å².